The van der Waals surface area contributed by atoms with E-state index in [1.165, 1.54) is 28.9 Å². The quantitative estimate of drug-likeness (QED) is 0.927. The molecule has 1 N–H and O–H groups in total. The molecule has 1 fully saturated rings. The van der Waals surface area contributed by atoms with E-state index < -0.39 is 0 Å². The van der Waals surface area contributed by atoms with Crippen molar-refractivity contribution in [2.45, 2.75) is 32.7 Å². The number of benzene rings is 1. The van der Waals surface area contributed by atoms with Gasteiger partial charge in [0.2, 0.25) is 0 Å². The Bertz CT molecular complexity index is 604. The third-order valence-corrected chi connectivity index (χ3v) is 5.78. The summed E-state index contributed by atoms with van der Waals surface area (Å²) < 4.78 is 0. The van der Waals surface area contributed by atoms with Gasteiger partial charge in [0, 0.05) is 23.4 Å². The van der Waals surface area contributed by atoms with Crippen molar-refractivity contribution in [3.05, 3.63) is 42.1 Å². The van der Waals surface area contributed by atoms with Gasteiger partial charge < -0.3 is 5.32 Å². The summed E-state index contributed by atoms with van der Waals surface area (Å²) in [5, 5.41) is 4.98. The van der Waals surface area contributed by atoms with E-state index in [4.69, 9.17) is 0 Å². The van der Waals surface area contributed by atoms with Crippen molar-refractivity contribution in [1.29, 1.82) is 0 Å². The van der Waals surface area contributed by atoms with Crippen molar-refractivity contribution >= 4 is 22.7 Å². The predicted octanol–water partition coefficient (Wildman–Crippen LogP) is 3.90. The lowest BCUT2D eigenvalue weighted by Crippen LogP contribution is -2.41. The van der Waals surface area contributed by atoms with Crippen LogP contribution in [0.1, 0.15) is 25.8 Å². The van der Waals surface area contributed by atoms with Crippen molar-refractivity contribution < 1.29 is 0 Å². The molecule has 1 aromatic carbocycles. The predicted molar refractivity (Wildman–Crippen MR) is 93.0 cm³/mol. The molecule has 3 heteroatoms. The molecule has 0 aliphatic carbocycles. The number of hydrogen-bond acceptors (Lipinski definition) is 3. The van der Waals surface area contributed by atoms with E-state index in [9.17, 15) is 0 Å². The largest absolute Gasteiger partial charge is 0.313 e. The Morgan fingerprint density at radius 3 is 3.00 bits per heavy atom. The van der Waals surface area contributed by atoms with Gasteiger partial charge in [0.15, 0.2) is 0 Å². The molecule has 0 radical (unpaired) electrons. The zero-order chi connectivity index (χ0) is 14.7. The smallest absolute Gasteiger partial charge is 0.0734 e. The molecule has 112 valence electrons. The van der Waals surface area contributed by atoms with Crippen LogP contribution in [0.4, 0.5) is 0 Å². The summed E-state index contributed by atoms with van der Waals surface area (Å²) in [7, 11) is 0. The minimum Gasteiger partial charge on any atom is -0.313 e. The second kappa shape index (κ2) is 6.37. The molecule has 1 aromatic heterocycles. The molecule has 2 aromatic rings. The van der Waals surface area contributed by atoms with Crippen molar-refractivity contribution in [3.63, 3.8) is 0 Å². The number of rotatable bonds is 4. The maximum Gasteiger partial charge on any atom is 0.0734 e. The standard InChI is InChI=1S/C18H24N2S/c1-18(2)11-16(12-21-13-18)19-10-8-15-6-3-5-14-7-4-9-20-17(14)15/h3-7,9,16,19H,8,10-13H2,1-2H3. The Kier molecular flexibility index (Phi) is 4.51. The number of pyridine rings is 1. The highest BCUT2D eigenvalue weighted by Crippen LogP contribution is 2.33. The van der Waals surface area contributed by atoms with Crippen LogP contribution in [0.25, 0.3) is 10.9 Å². The molecular formula is C18H24N2S. The number of nitrogens with zero attached hydrogens (tertiary/aromatic N) is 1. The van der Waals surface area contributed by atoms with Gasteiger partial charge in [0.05, 0.1) is 5.52 Å². The average Bonchev–Trinajstić information content (AvgIpc) is 2.46. The van der Waals surface area contributed by atoms with Crippen LogP contribution in [0.2, 0.25) is 0 Å². The van der Waals surface area contributed by atoms with Gasteiger partial charge in [-0.15, -0.1) is 0 Å². The zero-order valence-corrected chi connectivity index (χ0v) is 13.7. The Morgan fingerprint density at radius 1 is 1.29 bits per heavy atom. The van der Waals surface area contributed by atoms with Crippen molar-refractivity contribution in [3.8, 4) is 0 Å². The van der Waals surface area contributed by atoms with Gasteiger partial charge in [-0.3, -0.25) is 4.98 Å². The van der Waals surface area contributed by atoms with E-state index in [1.54, 1.807) is 0 Å². The fraction of sp³-hybridized carbons (Fsp3) is 0.500. The van der Waals surface area contributed by atoms with Crippen LogP contribution < -0.4 is 5.32 Å². The Hall–Kier alpha value is -1.06. The summed E-state index contributed by atoms with van der Waals surface area (Å²) in [6.45, 7) is 5.79. The Labute approximate surface area is 131 Å². The van der Waals surface area contributed by atoms with Crippen LogP contribution in [0.5, 0.6) is 0 Å². The van der Waals surface area contributed by atoms with Crippen LogP contribution in [0, 0.1) is 5.41 Å². The van der Waals surface area contributed by atoms with Gasteiger partial charge in [-0.2, -0.15) is 11.8 Å². The molecular weight excluding hydrogens is 276 g/mol. The molecule has 1 saturated heterocycles. The second-order valence-corrected chi connectivity index (χ2v) is 7.81. The molecule has 2 heterocycles. The highest BCUT2D eigenvalue weighted by Gasteiger charge is 2.27. The van der Waals surface area contributed by atoms with Gasteiger partial charge >= 0.3 is 0 Å². The number of para-hydroxylation sites is 1. The van der Waals surface area contributed by atoms with E-state index >= 15 is 0 Å². The highest BCUT2D eigenvalue weighted by atomic mass is 32.2. The summed E-state index contributed by atoms with van der Waals surface area (Å²) in [6.07, 6.45) is 4.23. The van der Waals surface area contributed by atoms with Crippen LogP contribution in [0.3, 0.4) is 0 Å². The van der Waals surface area contributed by atoms with E-state index in [-0.39, 0.29) is 0 Å². The molecule has 21 heavy (non-hydrogen) atoms. The van der Waals surface area contributed by atoms with Gasteiger partial charge in [-0.25, -0.2) is 0 Å². The monoisotopic (exact) mass is 300 g/mol. The number of thioether (sulfide) groups is 1. The summed E-state index contributed by atoms with van der Waals surface area (Å²) in [5.74, 6) is 2.54. The minimum absolute atomic E-state index is 0.474. The van der Waals surface area contributed by atoms with Crippen molar-refractivity contribution in [1.82, 2.24) is 10.3 Å². The van der Waals surface area contributed by atoms with Gasteiger partial charge in [0.1, 0.15) is 0 Å². The van der Waals surface area contributed by atoms with E-state index in [2.05, 4.69) is 60.2 Å². The Morgan fingerprint density at radius 2 is 2.14 bits per heavy atom. The van der Waals surface area contributed by atoms with E-state index in [0.29, 0.717) is 11.5 Å². The molecule has 0 bridgehead atoms. The number of fused-ring (bicyclic) bond motifs is 1. The molecule has 1 aliphatic rings. The summed E-state index contributed by atoms with van der Waals surface area (Å²) >= 11 is 2.08. The summed E-state index contributed by atoms with van der Waals surface area (Å²) in [6, 6.07) is 11.3. The summed E-state index contributed by atoms with van der Waals surface area (Å²) in [5.41, 5.74) is 2.98. The fourth-order valence-electron chi connectivity index (χ4n) is 3.17. The maximum absolute atomic E-state index is 4.54. The first-order valence-electron chi connectivity index (χ1n) is 7.78. The zero-order valence-electron chi connectivity index (χ0n) is 12.9. The molecule has 3 rings (SSSR count). The third kappa shape index (κ3) is 3.78. The molecule has 0 amide bonds. The number of hydrogen-bond donors (Lipinski definition) is 1. The van der Waals surface area contributed by atoms with Crippen LogP contribution >= 0.6 is 11.8 Å². The van der Waals surface area contributed by atoms with Crippen LogP contribution in [-0.2, 0) is 6.42 Å². The lowest BCUT2D eigenvalue weighted by molar-refractivity contribution is 0.319. The molecule has 2 nitrogen and oxygen atoms in total. The topological polar surface area (TPSA) is 24.9 Å². The molecule has 1 aliphatic heterocycles. The second-order valence-electron chi connectivity index (χ2n) is 6.78. The Balaban J connectivity index is 1.60. The fourth-order valence-corrected chi connectivity index (χ4v) is 4.48. The first-order valence-corrected chi connectivity index (χ1v) is 8.93. The van der Waals surface area contributed by atoms with E-state index in [1.807, 2.05) is 12.3 Å². The third-order valence-electron chi connectivity index (χ3n) is 4.15. The molecule has 1 atom stereocenters. The van der Waals surface area contributed by atoms with Gasteiger partial charge in [0.25, 0.3) is 0 Å². The van der Waals surface area contributed by atoms with E-state index in [0.717, 1.165) is 18.5 Å². The average molecular weight is 300 g/mol. The molecule has 0 spiro atoms. The first kappa shape index (κ1) is 14.9. The SMILES string of the molecule is CC1(C)CSCC(NCCc2cccc3cccnc23)C1. The van der Waals surface area contributed by atoms with Crippen molar-refractivity contribution in [2.75, 3.05) is 18.1 Å². The lowest BCUT2D eigenvalue weighted by Gasteiger charge is -2.35. The van der Waals surface area contributed by atoms with Gasteiger partial charge in [-0.1, -0.05) is 38.1 Å². The van der Waals surface area contributed by atoms with Gasteiger partial charge in [-0.05, 0) is 42.2 Å². The first-order chi connectivity index (χ1) is 10.1. The summed E-state index contributed by atoms with van der Waals surface area (Å²) in [4.78, 5) is 4.54. The number of nitrogens with one attached hydrogen (secondary N) is 1. The molecule has 0 saturated carbocycles. The molecule has 1 unspecified atom stereocenters. The van der Waals surface area contributed by atoms with Crippen molar-refractivity contribution in [2.24, 2.45) is 5.41 Å². The van der Waals surface area contributed by atoms with Crippen LogP contribution in [0.15, 0.2) is 36.5 Å². The normalized spacial score (nSPS) is 21.5. The van der Waals surface area contributed by atoms with Crippen LogP contribution in [-0.4, -0.2) is 29.1 Å². The highest BCUT2D eigenvalue weighted by molar-refractivity contribution is 7.99. The maximum atomic E-state index is 4.54. The lowest BCUT2D eigenvalue weighted by atomic mass is 9.88. The number of aromatic nitrogens is 1. The minimum atomic E-state index is 0.474.